The molecule has 2 amide bonds. The van der Waals surface area contributed by atoms with E-state index >= 15 is 0 Å². The van der Waals surface area contributed by atoms with Crippen molar-refractivity contribution >= 4 is 17.6 Å². The van der Waals surface area contributed by atoms with Gasteiger partial charge in [-0.3, -0.25) is 19.6 Å². The summed E-state index contributed by atoms with van der Waals surface area (Å²) in [5, 5.41) is 9.47. The molecule has 1 aromatic carbocycles. The number of aromatic nitrogens is 5. The number of anilines is 1. The maximum Gasteiger partial charge on any atom is 0.433 e. The fourth-order valence-corrected chi connectivity index (χ4v) is 3.80. The number of carbonyl (C=O) groups is 2. The van der Waals surface area contributed by atoms with Crippen LogP contribution in [-0.4, -0.2) is 36.5 Å². The Balaban J connectivity index is 1.30. The maximum absolute atomic E-state index is 13.7. The first-order valence-electron chi connectivity index (χ1n) is 11.9. The third-order valence-electron chi connectivity index (χ3n) is 5.78. The Bertz CT molecular complexity index is 1640. The molecule has 0 saturated carbocycles. The summed E-state index contributed by atoms with van der Waals surface area (Å²) in [5.74, 6) is -0.799. The van der Waals surface area contributed by atoms with Crippen LogP contribution in [0.15, 0.2) is 97.7 Å². The fraction of sp³-hybridized carbons (Fsp3) is 0.0714. The average molecular weight is 544 g/mol. The minimum Gasteiger partial charge on any atom is -0.348 e. The number of nitrogens with zero attached hydrogens (tertiary/aromatic N) is 5. The Kier molecular flexibility index (Phi) is 7.31. The third-order valence-corrected chi connectivity index (χ3v) is 5.78. The van der Waals surface area contributed by atoms with Gasteiger partial charge < -0.3 is 10.6 Å². The fourth-order valence-electron chi connectivity index (χ4n) is 3.80. The van der Waals surface area contributed by atoms with Crippen LogP contribution in [0.25, 0.3) is 16.9 Å². The summed E-state index contributed by atoms with van der Waals surface area (Å²) in [4.78, 5) is 37.3. The van der Waals surface area contributed by atoms with Crippen molar-refractivity contribution in [2.24, 2.45) is 0 Å². The number of hydrogen-bond donors (Lipinski definition) is 2. The smallest absolute Gasteiger partial charge is 0.348 e. The minimum atomic E-state index is -4.67. The van der Waals surface area contributed by atoms with Crippen molar-refractivity contribution in [1.29, 1.82) is 0 Å². The van der Waals surface area contributed by atoms with Crippen molar-refractivity contribution in [2.75, 3.05) is 5.32 Å². The van der Waals surface area contributed by atoms with Gasteiger partial charge in [-0.2, -0.15) is 18.3 Å². The molecule has 0 spiro atoms. The van der Waals surface area contributed by atoms with Crippen molar-refractivity contribution in [2.45, 2.75) is 12.7 Å². The molecule has 2 N–H and O–H groups in total. The van der Waals surface area contributed by atoms with E-state index in [0.29, 0.717) is 12.1 Å². The van der Waals surface area contributed by atoms with E-state index in [2.05, 4.69) is 30.7 Å². The molecule has 4 heterocycles. The van der Waals surface area contributed by atoms with E-state index in [9.17, 15) is 22.8 Å². The Morgan fingerprint density at radius 2 is 1.60 bits per heavy atom. The molecule has 4 aromatic heterocycles. The third kappa shape index (κ3) is 6.01. The van der Waals surface area contributed by atoms with Gasteiger partial charge in [0.25, 0.3) is 11.8 Å². The van der Waals surface area contributed by atoms with Gasteiger partial charge in [0.05, 0.1) is 17.6 Å². The molecule has 0 atom stereocenters. The quantitative estimate of drug-likeness (QED) is 0.301. The van der Waals surface area contributed by atoms with Gasteiger partial charge >= 0.3 is 6.18 Å². The molecule has 0 aliphatic carbocycles. The van der Waals surface area contributed by atoms with Gasteiger partial charge in [-0.1, -0.05) is 6.07 Å². The largest absolute Gasteiger partial charge is 0.433 e. The molecule has 0 radical (unpaired) electrons. The van der Waals surface area contributed by atoms with Gasteiger partial charge in [0, 0.05) is 48.0 Å². The molecule has 0 unspecified atom stereocenters. The lowest BCUT2D eigenvalue weighted by Gasteiger charge is -2.11. The van der Waals surface area contributed by atoms with Gasteiger partial charge in [-0.25, -0.2) is 9.67 Å². The topological polar surface area (TPSA) is 115 Å². The summed E-state index contributed by atoms with van der Waals surface area (Å²) >= 11 is 0. The maximum atomic E-state index is 13.7. The highest BCUT2D eigenvalue weighted by atomic mass is 19.4. The highest BCUT2D eigenvalue weighted by Crippen LogP contribution is 2.34. The minimum absolute atomic E-state index is 0.0494. The average Bonchev–Trinajstić information content (AvgIpc) is 3.44. The molecule has 5 rings (SSSR count). The van der Waals surface area contributed by atoms with Crippen LogP contribution < -0.4 is 10.6 Å². The second-order valence-corrected chi connectivity index (χ2v) is 8.54. The highest BCUT2D eigenvalue weighted by Gasteiger charge is 2.36. The number of nitrogens with one attached hydrogen (secondary N) is 2. The zero-order chi connectivity index (χ0) is 28.1. The first-order chi connectivity index (χ1) is 19.3. The van der Waals surface area contributed by atoms with Crippen LogP contribution in [0.5, 0.6) is 0 Å². The van der Waals surface area contributed by atoms with Gasteiger partial charge in [0.15, 0.2) is 0 Å². The van der Waals surface area contributed by atoms with Crippen LogP contribution >= 0.6 is 0 Å². The Hall–Kier alpha value is -5.39. The van der Waals surface area contributed by atoms with Crippen LogP contribution in [0.3, 0.4) is 0 Å². The normalized spacial score (nSPS) is 11.2. The van der Waals surface area contributed by atoms with Gasteiger partial charge in [0.2, 0.25) is 0 Å². The lowest BCUT2D eigenvalue weighted by molar-refractivity contribution is -0.142. The van der Waals surface area contributed by atoms with E-state index < -0.39 is 17.8 Å². The second kappa shape index (κ2) is 11.2. The predicted octanol–water partition coefficient (Wildman–Crippen LogP) is 4.93. The van der Waals surface area contributed by atoms with Crippen molar-refractivity contribution in [3.8, 4) is 16.9 Å². The van der Waals surface area contributed by atoms with Crippen molar-refractivity contribution < 1.29 is 22.8 Å². The summed E-state index contributed by atoms with van der Waals surface area (Å²) in [6.07, 6.45) is 2.68. The lowest BCUT2D eigenvalue weighted by atomic mass is 10.1. The number of amides is 2. The van der Waals surface area contributed by atoms with E-state index in [1.54, 1.807) is 48.8 Å². The van der Waals surface area contributed by atoms with Crippen LogP contribution in [0, 0.1) is 0 Å². The van der Waals surface area contributed by atoms with E-state index in [0.717, 1.165) is 16.3 Å². The van der Waals surface area contributed by atoms with Gasteiger partial charge in [-0.05, 0) is 66.2 Å². The number of pyridine rings is 3. The molecule has 40 heavy (non-hydrogen) atoms. The van der Waals surface area contributed by atoms with Crippen molar-refractivity contribution in [3.05, 3.63) is 120 Å². The molecule has 0 aliphatic heterocycles. The molecule has 12 heteroatoms. The molecule has 5 aromatic rings. The SMILES string of the molecule is O=C(NCc1ccncc1)c1cccc(C(=O)Nc2ccc(-n3nc(-c4cccnc4)cc3C(F)(F)F)cn2)c1. The van der Waals surface area contributed by atoms with Crippen LogP contribution in [0.2, 0.25) is 0 Å². The number of hydrogen-bond acceptors (Lipinski definition) is 6. The Morgan fingerprint density at radius 1 is 0.825 bits per heavy atom. The molecule has 9 nitrogen and oxygen atoms in total. The molecule has 0 aliphatic rings. The van der Waals surface area contributed by atoms with Crippen LogP contribution in [0.1, 0.15) is 32.0 Å². The standard InChI is InChI=1S/C28H20F3N7O2/c29-28(30,31)24-14-23(21-5-2-10-33-16-21)37-38(24)22-6-7-25(34-17-22)36-27(40)20-4-1-3-19(13-20)26(39)35-15-18-8-11-32-12-9-18/h1-14,16-17H,15H2,(H,35,39)(H,34,36,40). The van der Waals surface area contributed by atoms with Crippen LogP contribution in [-0.2, 0) is 12.7 Å². The molecule has 0 fully saturated rings. The summed E-state index contributed by atoms with van der Waals surface area (Å²) in [7, 11) is 0. The summed E-state index contributed by atoms with van der Waals surface area (Å²) in [6.45, 7) is 0.296. The first-order valence-corrected chi connectivity index (χ1v) is 11.9. The predicted molar refractivity (Wildman–Crippen MR) is 139 cm³/mol. The zero-order valence-electron chi connectivity index (χ0n) is 20.6. The first kappa shape index (κ1) is 26.2. The Morgan fingerprint density at radius 3 is 2.27 bits per heavy atom. The van der Waals surface area contributed by atoms with E-state index in [-0.39, 0.29) is 34.2 Å². The molecular formula is C28H20F3N7O2. The zero-order valence-corrected chi connectivity index (χ0v) is 20.6. The molecule has 200 valence electrons. The number of halogens is 3. The van der Waals surface area contributed by atoms with Crippen LogP contribution in [0.4, 0.5) is 19.0 Å². The van der Waals surface area contributed by atoms with Crippen molar-refractivity contribution in [1.82, 2.24) is 30.0 Å². The summed E-state index contributed by atoms with van der Waals surface area (Å²) < 4.78 is 42.0. The van der Waals surface area contributed by atoms with E-state index in [1.807, 2.05) is 0 Å². The lowest BCUT2D eigenvalue weighted by Crippen LogP contribution is -2.23. The molecule has 0 bridgehead atoms. The number of carbonyl (C=O) groups excluding carboxylic acids is 2. The monoisotopic (exact) mass is 543 g/mol. The number of alkyl halides is 3. The van der Waals surface area contributed by atoms with E-state index in [4.69, 9.17) is 0 Å². The number of benzene rings is 1. The van der Waals surface area contributed by atoms with E-state index in [1.165, 1.54) is 42.9 Å². The molecular weight excluding hydrogens is 523 g/mol. The van der Waals surface area contributed by atoms with Gasteiger partial charge in [-0.15, -0.1) is 0 Å². The highest BCUT2D eigenvalue weighted by molar-refractivity contribution is 6.05. The number of rotatable bonds is 7. The van der Waals surface area contributed by atoms with Gasteiger partial charge in [0.1, 0.15) is 11.5 Å². The molecule has 0 saturated heterocycles. The second-order valence-electron chi connectivity index (χ2n) is 8.54. The summed E-state index contributed by atoms with van der Waals surface area (Å²) in [5.41, 5.74) is 0.956. The Labute approximate surface area is 225 Å². The van der Waals surface area contributed by atoms with Crippen molar-refractivity contribution in [3.63, 3.8) is 0 Å². The summed E-state index contributed by atoms with van der Waals surface area (Å²) in [6, 6.07) is 16.5.